The Morgan fingerprint density at radius 2 is 1.74 bits per heavy atom. The number of hydrogen-bond acceptors (Lipinski definition) is 5. The fraction of sp³-hybridized carbons (Fsp3) is 0.400. The van der Waals surface area contributed by atoms with E-state index in [1.807, 2.05) is 43.3 Å². The number of hydrogen-bond donors (Lipinski definition) is 0. The van der Waals surface area contributed by atoms with Crippen molar-refractivity contribution in [1.82, 2.24) is 4.90 Å². The van der Waals surface area contributed by atoms with Crippen molar-refractivity contribution < 1.29 is 14.3 Å². The van der Waals surface area contributed by atoms with Crippen molar-refractivity contribution in [3.8, 4) is 0 Å². The van der Waals surface area contributed by atoms with Crippen molar-refractivity contribution in [2.24, 2.45) is 0 Å². The number of anilines is 1. The number of rotatable bonds is 6. The zero-order valence-electron chi connectivity index (χ0n) is 18.0. The van der Waals surface area contributed by atoms with Crippen LogP contribution in [-0.4, -0.2) is 63.4 Å². The first-order valence-electron chi connectivity index (χ1n) is 10.9. The van der Waals surface area contributed by atoms with E-state index in [4.69, 9.17) is 21.1 Å². The van der Waals surface area contributed by atoms with Crippen LogP contribution < -0.4 is 4.90 Å². The smallest absolute Gasteiger partial charge is 0.338 e. The second kappa shape index (κ2) is 10.3. The van der Waals surface area contributed by atoms with Gasteiger partial charge in [0.1, 0.15) is 0 Å². The van der Waals surface area contributed by atoms with E-state index >= 15 is 0 Å². The molecule has 2 aliphatic rings. The number of piperazine rings is 1. The third kappa shape index (κ3) is 5.48. The Morgan fingerprint density at radius 3 is 2.42 bits per heavy atom. The van der Waals surface area contributed by atoms with Gasteiger partial charge in [-0.1, -0.05) is 23.7 Å². The lowest BCUT2D eigenvalue weighted by atomic mass is 9.95. The molecule has 0 unspecified atom stereocenters. The Bertz CT molecular complexity index is 917. The molecule has 2 aromatic rings. The van der Waals surface area contributed by atoms with Crippen molar-refractivity contribution in [3.63, 3.8) is 0 Å². The predicted molar refractivity (Wildman–Crippen MR) is 125 cm³/mol. The molecule has 0 atom stereocenters. The van der Waals surface area contributed by atoms with Crippen LogP contribution in [0.4, 0.5) is 5.69 Å². The number of carbonyl (C=O) groups is 1. The van der Waals surface area contributed by atoms with Crippen LogP contribution in [0.1, 0.15) is 29.3 Å². The van der Waals surface area contributed by atoms with E-state index in [1.165, 1.54) is 16.7 Å². The van der Waals surface area contributed by atoms with E-state index in [2.05, 4.69) is 21.9 Å². The molecule has 1 fully saturated rings. The van der Waals surface area contributed by atoms with Gasteiger partial charge >= 0.3 is 5.97 Å². The first-order valence-corrected chi connectivity index (χ1v) is 11.3. The summed E-state index contributed by atoms with van der Waals surface area (Å²) >= 11 is 6.07. The van der Waals surface area contributed by atoms with Gasteiger partial charge in [-0.2, -0.15) is 0 Å². The summed E-state index contributed by atoms with van der Waals surface area (Å²) in [6.45, 7) is 8.54. The van der Waals surface area contributed by atoms with Gasteiger partial charge in [0.05, 0.1) is 25.4 Å². The largest absolute Gasteiger partial charge is 0.462 e. The summed E-state index contributed by atoms with van der Waals surface area (Å²) in [6, 6.07) is 15.9. The molecule has 31 heavy (non-hydrogen) atoms. The molecule has 0 N–H and O–H groups in total. The number of benzene rings is 2. The van der Waals surface area contributed by atoms with E-state index in [9.17, 15) is 4.79 Å². The SMILES string of the molecule is CCOC(=O)c1ccc(N2CCN(CC3=C(c4ccc(Cl)cc4)CCOC3)CC2)cc1. The average molecular weight is 441 g/mol. The second-order valence-electron chi connectivity index (χ2n) is 7.92. The predicted octanol–water partition coefficient (Wildman–Crippen LogP) is 4.51. The minimum atomic E-state index is -0.265. The molecule has 5 nitrogen and oxygen atoms in total. The number of nitrogens with zero attached hydrogens (tertiary/aromatic N) is 2. The highest BCUT2D eigenvalue weighted by molar-refractivity contribution is 6.30. The summed E-state index contributed by atoms with van der Waals surface area (Å²) in [5, 5.41) is 0.768. The van der Waals surface area contributed by atoms with Crippen LogP contribution in [0.25, 0.3) is 5.57 Å². The van der Waals surface area contributed by atoms with Gasteiger partial charge in [0.25, 0.3) is 0 Å². The minimum Gasteiger partial charge on any atom is -0.462 e. The Kier molecular flexibility index (Phi) is 7.28. The van der Waals surface area contributed by atoms with Gasteiger partial charge in [-0.25, -0.2) is 4.79 Å². The Morgan fingerprint density at radius 1 is 1.03 bits per heavy atom. The maximum atomic E-state index is 11.8. The van der Waals surface area contributed by atoms with Crippen LogP contribution in [0, 0.1) is 0 Å². The standard InChI is InChI=1S/C25H29ClN2O3/c1-2-31-25(29)20-5-9-23(10-6-20)28-14-12-27(13-15-28)17-21-18-30-16-11-24(21)19-3-7-22(26)8-4-19/h3-10H,2,11-18H2,1H3. The Labute approximate surface area is 189 Å². The van der Waals surface area contributed by atoms with Crippen LogP contribution in [0.15, 0.2) is 54.1 Å². The van der Waals surface area contributed by atoms with Crippen LogP contribution in [0.5, 0.6) is 0 Å². The highest BCUT2D eigenvalue weighted by atomic mass is 35.5. The summed E-state index contributed by atoms with van der Waals surface area (Å²) in [5.41, 5.74) is 5.78. The quantitative estimate of drug-likeness (QED) is 0.618. The Balaban J connectivity index is 1.37. The molecule has 0 spiro atoms. The van der Waals surface area contributed by atoms with Crippen LogP contribution in [0.3, 0.4) is 0 Å². The topological polar surface area (TPSA) is 42.0 Å². The maximum Gasteiger partial charge on any atom is 0.338 e. The van der Waals surface area contributed by atoms with E-state index in [0.29, 0.717) is 18.8 Å². The zero-order chi connectivity index (χ0) is 21.6. The lowest BCUT2D eigenvalue weighted by Gasteiger charge is -2.37. The number of halogens is 1. The molecule has 0 saturated carbocycles. The lowest BCUT2D eigenvalue weighted by molar-refractivity contribution is 0.0526. The molecule has 0 aliphatic carbocycles. The van der Waals surface area contributed by atoms with Crippen molar-refractivity contribution in [3.05, 3.63) is 70.3 Å². The van der Waals surface area contributed by atoms with Crippen LogP contribution in [0.2, 0.25) is 5.02 Å². The minimum absolute atomic E-state index is 0.265. The molecule has 2 aromatic carbocycles. The molecule has 2 aliphatic heterocycles. The summed E-state index contributed by atoms with van der Waals surface area (Å²) in [4.78, 5) is 16.7. The van der Waals surface area contributed by atoms with Gasteiger partial charge in [0.15, 0.2) is 0 Å². The monoisotopic (exact) mass is 440 g/mol. The Hall–Kier alpha value is -2.34. The first-order chi connectivity index (χ1) is 15.1. The van der Waals surface area contributed by atoms with Gasteiger partial charge in [0.2, 0.25) is 0 Å². The summed E-state index contributed by atoms with van der Waals surface area (Å²) < 4.78 is 10.8. The summed E-state index contributed by atoms with van der Waals surface area (Å²) in [5.74, 6) is -0.265. The molecule has 0 bridgehead atoms. The number of esters is 1. The number of carbonyl (C=O) groups excluding carboxylic acids is 1. The highest BCUT2D eigenvalue weighted by Crippen LogP contribution is 2.28. The molecule has 0 aromatic heterocycles. The normalized spacial score (nSPS) is 17.7. The molecule has 164 valence electrons. The van der Waals surface area contributed by atoms with Crippen LogP contribution in [-0.2, 0) is 9.47 Å². The molecule has 4 rings (SSSR count). The third-order valence-electron chi connectivity index (χ3n) is 5.92. The van der Waals surface area contributed by atoms with Crippen LogP contribution >= 0.6 is 11.6 Å². The van der Waals surface area contributed by atoms with E-state index in [-0.39, 0.29) is 5.97 Å². The molecule has 1 saturated heterocycles. The van der Waals surface area contributed by atoms with Gasteiger partial charge in [-0.3, -0.25) is 4.90 Å². The zero-order valence-corrected chi connectivity index (χ0v) is 18.7. The van der Waals surface area contributed by atoms with Gasteiger partial charge < -0.3 is 14.4 Å². The fourth-order valence-electron chi connectivity index (χ4n) is 4.23. The summed E-state index contributed by atoms with van der Waals surface area (Å²) in [7, 11) is 0. The second-order valence-corrected chi connectivity index (χ2v) is 8.36. The van der Waals surface area contributed by atoms with Gasteiger partial charge in [-0.05, 0) is 66.5 Å². The van der Waals surface area contributed by atoms with E-state index < -0.39 is 0 Å². The number of ether oxygens (including phenoxy) is 2. The first kappa shape index (κ1) is 21.9. The third-order valence-corrected chi connectivity index (χ3v) is 6.17. The molecular weight excluding hydrogens is 412 g/mol. The van der Waals surface area contributed by atoms with Crippen molar-refractivity contribution in [2.45, 2.75) is 13.3 Å². The highest BCUT2D eigenvalue weighted by Gasteiger charge is 2.22. The van der Waals surface area contributed by atoms with E-state index in [0.717, 1.165) is 56.5 Å². The fourth-order valence-corrected chi connectivity index (χ4v) is 4.36. The molecule has 0 radical (unpaired) electrons. The lowest BCUT2D eigenvalue weighted by Crippen LogP contribution is -2.47. The van der Waals surface area contributed by atoms with Gasteiger partial charge in [-0.15, -0.1) is 0 Å². The molecule has 2 heterocycles. The molecular formula is C25H29ClN2O3. The van der Waals surface area contributed by atoms with Crippen molar-refractivity contribution >= 4 is 28.8 Å². The van der Waals surface area contributed by atoms with Gasteiger partial charge in [0, 0.05) is 43.4 Å². The maximum absolute atomic E-state index is 11.8. The molecule has 6 heteroatoms. The average Bonchev–Trinajstić information content (AvgIpc) is 2.81. The summed E-state index contributed by atoms with van der Waals surface area (Å²) in [6.07, 6.45) is 0.948. The van der Waals surface area contributed by atoms with Crippen molar-refractivity contribution in [2.75, 3.05) is 57.4 Å². The molecule has 0 amide bonds. The van der Waals surface area contributed by atoms with E-state index in [1.54, 1.807) is 0 Å². The van der Waals surface area contributed by atoms with Crippen molar-refractivity contribution in [1.29, 1.82) is 0 Å².